The summed E-state index contributed by atoms with van der Waals surface area (Å²) in [6.07, 6.45) is 12.2. The fourth-order valence-electron chi connectivity index (χ4n) is 6.22. The van der Waals surface area contributed by atoms with Crippen LogP contribution in [0.1, 0.15) is 146 Å². The first-order valence-corrected chi connectivity index (χ1v) is 24.5. The second-order valence-electron chi connectivity index (χ2n) is 18.9. The SMILES string of the molecule is CC(=O)SCCCCCCCCCCCOCCOCCOCCOc1ccc(OCC(=O)NCCCCC(C(=O)OC(C)(C)C)N(CC(=O)OC(C)(C)C)CC(=O)OC(C)(C)C)cc1. The lowest BCUT2D eigenvalue weighted by Crippen LogP contribution is -2.50. The number of nitrogens with one attached hydrogen (secondary N) is 1. The second kappa shape index (κ2) is 33.9. The lowest BCUT2D eigenvalue weighted by molar-refractivity contribution is -0.168. The van der Waals surface area contributed by atoms with E-state index in [1.165, 1.54) is 61.6 Å². The molecule has 0 aromatic heterocycles. The number of benzene rings is 1. The Morgan fingerprint density at radius 2 is 1.00 bits per heavy atom. The smallest absolute Gasteiger partial charge is 0.323 e. The maximum Gasteiger partial charge on any atom is 0.323 e. The molecule has 0 fully saturated rings. The van der Waals surface area contributed by atoms with Gasteiger partial charge in [-0.1, -0.05) is 56.7 Å². The molecule has 16 heteroatoms. The standard InChI is InChI=1S/C49H84N2O13S/c1-39(52)65-35-21-17-15-13-11-12-14-16-20-28-57-29-30-58-31-32-59-33-34-60-40-23-25-41(26-24-40)61-38-43(53)50-27-19-18-22-42(46(56)64-49(8,9)10)51(36-44(54)62-47(2,3)4)37-45(55)63-48(5,6)7/h23-26,42H,11-22,27-38H2,1-10H3,(H,50,53). The number of carbonyl (C=O) groups excluding carboxylic acids is 5. The van der Waals surface area contributed by atoms with E-state index in [0.29, 0.717) is 70.5 Å². The van der Waals surface area contributed by atoms with Gasteiger partial charge in [0, 0.05) is 25.8 Å². The molecule has 1 N–H and O–H groups in total. The molecule has 0 heterocycles. The van der Waals surface area contributed by atoms with E-state index in [2.05, 4.69) is 5.32 Å². The molecule has 0 bridgehead atoms. The summed E-state index contributed by atoms with van der Waals surface area (Å²) in [6, 6.07) is 6.02. The molecular formula is C49H84N2O13S. The third kappa shape index (κ3) is 36.4. The maximum absolute atomic E-state index is 13.5. The van der Waals surface area contributed by atoms with Crippen LogP contribution in [0.4, 0.5) is 0 Å². The Balaban J connectivity index is 2.28. The Labute approximate surface area is 394 Å². The van der Waals surface area contributed by atoms with Crippen molar-refractivity contribution in [3.8, 4) is 11.5 Å². The maximum atomic E-state index is 13.5. The van der Waals surface area contributed by atoms with E-state index >= 15 is 0 Å². The fourth-order valence-corrected chi connectivity index (χ4v) is 6.85. The number of hydrogen-bond donors (Lipinski definition) is 1. The van der Waals surface area contributed by atoms with Crippen LogP contribution in [0.5, 0.6) is 11.5 Å². The number of hydrogen-bond acceptors (Lipinski definition) is 15. The number of esters is 3. The van der Waals surface area contributed by atoms with Crippen LogP contribution in [0.3, 0.4) is 0 Å². The first-order chi connectivity index (χ1) is 30.6. The van der Waals surface area contributed by atoms with Crippen LogP contribution in [0.15, 0.2) is 24.3 Å². The molecule has 15 nitrogen and oxygen atoms in total. The van der Waals surface area contributed by atoms with Gasteiger partial charge in [0.2, 0.25) is 0 Å². The van der Waals surface area contributed by atoms with Crippen LogP contribution >= 0.6 is 11.8 Å². The average Bonchev–Trinajstić information content (AvgIpc) is 3.18. The van der Waals surface area contributed by atoms with Gasteiger partial charge in [0.15, 0.2) is 11.7 Å². The second-order valence-corrected chi connectivity index (χ2v) is 20.2. The number of nitrogens with zero attached hydrogens (tertiary/aromatic N) is 1. The molecular weight excluding hydrogens is 857 g/mol. The molecule has 0 saturated carbocycles. The quantitative estimate of drug-likeness (QED) is 0.0387. The molecule has 1 aromatic carbocycles. The highest BCUT2D eigenvalue weighted by molar-refractivity contribution is 8.13. The third-order valence-electron chi connectivity index (χ3n) is 9.02. The molecule has 1 aromatic rings. The van der Waals surface area contributed by atoms with Crippen molar-refractivity contribution in [2.75, 3.05) is 78.2 Å². The van der Waals surface area contributed by atoms with E-state index in [4.69, 9.17) is 37.9 Å². The summed E-state index contributed by atoms with van der Waals surface area (Å²) >= 11 is 1.43. The molecule has 65 heavy (non-hydrogen) atoms. The Kier molecular flexibility index (Phi) is 31.1. The minimum absolute atomic E-state index is 0.186. The minimum Gasteiger partial charge on any atom is -0.491 e. The van der Waals surface area contributed by atoms with Gasteiger partial charge in [0.05, 0.1) is 46.1 Å². The van der Waals surface area contributed by atoms with Crippen molar-refractivity contribution in [2.45, 2.75) is 169 Å². The lowest BCUT2D eigenvalue weighted by Gasteiger charge is -2.33. The zero-order valence-electron chi connectivity index (χ0n) is 41.5. The van der Waals surface area contributed by atoms with Crippen LogP contribution < -0.4 is 14.8 Å². The van der Waals surface area contributed by atoms with Crippen LogP contribution in [0.2, 0.25) is 0 Å². The largest absolute Gasteiger partial charge is 0.491 e. The predicted molar refractivity (Wildman–Crippen MR) is 254 cm³/mol. The summed E-state index contributed by atoms with van der Waals surface area (Å²) < 4.78 is 45.0. The highest BCUT2D eigenvalue weighted by atomic mass is 32.2. The van der Waals surface area contributed by atoms with Crippen LogP contribution in [0.25, 0.3) is 0 Å². The lowest BCUT2D eigenvalue weighted by atomic mass is 10.1. The molecule has 0 spiro atoms. The van der Waals surface area contributed by atoms with Gasteiger partial charge in [0.1, 0.15) is 41.0 Å². The van der Waals surface area contributed by atoms with E-state index < -0.39 is 40.8 Å². The van der Waals surface area contributed by atoms with Gasteiger partial charge in [-0.15, -0.1) is 0 Å². The summed E-state index contributed by atoms with van der Waals surface area (Å²) in [6.45, 7) is 20.4. The fraction of sp³-hybridized carbons (Fsp3) is 0.776. The van der Waals surface area contributed by atoms with Crippen LogP contribution in [-0.2, 0) is 52.4 Å². The summed E-state index contributed by atoms with van der Waals surface area (Å²) in [5.41, 5.74) is -2.33. The summed E-state index contributed by atoms with van der Waals surface area (Å²) in [4.78, 5) is 64.2. The van der Waals surface area contributed by atoms with E-state index in [-0.39, 0.29) is 37.1 Å². The van der Waals surface area contributed by atoms with E-state index in [1.807, 2.05) is 0 Å². The molecule has 1 amide bonds. The highest BCUT2D eigenvalue weighted by Gasteiger charge is 2.34. The van der Waals surface area contributed by atoms with E-state index in [0.717, 1.165) is 25.2 Å². The molecule has 0 radical (unpaired) electrons. The number of unbranched alkanes of at least 4 members (excludes halogenated alkanes) is 9. The van der Waals surface area contributed by atoms with Gasteiger partial charge < -0.3 is 43.2 Å². The number of ether oxygens (including phenoxy) is 8. The van der Waals surface area contributed by atoms with Crippen LogP contribution in [0, 0.1) is 0 Å². The van der Waals surface area contributed by atoms with Crippen molar-refractivity contribution < 1.29 is 61.9 Å². The Bertz CT molecular complexity index is 1440. The predicted octanol–water partition coefficient (Wildman–Crippen LogP) is 8.27. The van der Waals surface area contributed by atoms with Gasteiger partial charge in [-0.3, -0.25) is 28.9 Å². The summed E-state index contributed by atoms with van der Waals surface area (Å²) in [5.74, 6) is 0.0505. The Morgan fingerprint density at radius 3 is 1.49 bits per heavy atom. The summed E-state index contributed by atoms with van der Waals surface area (Å²) in [7, 11) is 0. The van der Waals surface area contributed by atoms with Crippen molar-refractivity contribution in [3.05, 3.63) is 24.3 Å². The van der Waals surface area contributed by atoms with Crippen molar-refractivity contribution in [3.63, 3.8) is 0 Å². The van der Waals surface area contributed by atoms with Crippen molar-refractivity contribution in [1.82, 2.24) is 10.2 Å². The normalized spacial score (nSPS) is 12.4. The number of rotatable bonds is 36. The molecule has 0 aliphatic rings. The molecule has 374 valence electrons. The van der Waals surface area contributed by atoms with Crippen molar-refractivity contribution in [1.29, 1.82) is 0 Å². The monoisotopic (exact) mass is 941 g/mol. The van der Waals surface area contributed by atoms with Gasteiger partial charge >= 0.3 is 17.9 Å². The zero-order chi connectivity index (χ0) is 48.6. The van der Waals surface area contributed by atoms with Gasteiger partial charge in [-0.25, -0.2) is 0 Å². The van der Waals surface area contributed by atoms with Crippen molar-refractivity contribution in [2.24, 2.45) is 0 Å². The third-order valence-corrected chi connectivity index (χ3v) is 9.92. The Hall–Kier alpha value is -3.44. The molecule has 1 unspecified atom stereocenters. The topological polar surface area (TPSA) is 174 Å². The number of amides is 1. The molecule has 1 rings (SSSR count). The molecule has 0 aliphatic carbocycles. The summed E-state index contributed by atoms with van der Waals surface area (Å²) in [5, 5.41) is 3.05. The molecule has 0 aliphatic heterocycles. The minimum atomic E-state index is -0.943. The van der Waals surface area contributed by atoms with E-state index in [9.17, 15) is 24.0 Å². The highest BCUT2D eigenvalue weighted by Crippen LogP contribution is 2.20. The zero-order valence-corrected chi connectivity index (χ0v) is 42.3. The molecule has 1 atom stereocenters. The average molecular weight is 941 g/mol. The first-order valence-electron chi connectivity index (χ1n) is 23.5. The van der Waals surface area contributed by atoms with Gasteiger partial charge in [-0.05, 0) is 119 Å². The van der Waals surface area contributed by atoms with Crippen LogP contribution in [-0.4, -0.2) is 135 Å². The number of carbonyl (C=O) groups is 5. The van der Waals surface area contributed by atoms with Gasteiger partial charge in [-0.2, -0.15) is 0 Å². The molecule has 0 saturated heterocycles. The first kappa shape index (κ1) is 59.6. The Morgan fingerprint density at radius 1 is 0.554 bits per heavy atom. The van der Waals surface area contributed by atoms with Gasteiger partial charge in [0.25, 0.3) is 5.91 Å². The number of thioether (sulfide) groups is 1. The van der Waals surface area contributed by atoms with Crippen molar-refractivity contribution >= 4 is 40.7 Å². The van der Waals surface area contributed by atoms with E-state index in [1.54, 1.807) is 93.5 Å².